The van der Waals surface area contributed by atoms with Gasteiger partial charge in [-0.3, -0.25) is 4.79 Å². The van der Waals surface area contributed by atoms with Gasteiger partial charge in [-0.2, -0.15) is 0 Å². The molecule has 1 N–H and O–H groups in total. The lowest BCUT2D eigenvalue weighted by molar-refractivity contribution is 0.0706. The van der Waals surface area contributed by atoms with Crippen molar-refractivity contribution in [2.24, 2.45) is 0 Å². The van der Waals surface area contributed by atoms with Crippen LogP contribution < -0.4 is 0 Å². The Balaban J connectivity index is 2.91. The fourth-order valence-corrected chi connectivity index (χ4v) is 2.00. The summed E-state index contributed by atoms with van der Waals surface area (Å²) in [7, 11) is 0. The second kappa shape index (κ2) is 7.00. The molecule has 0 saturated carbocycles. The molecule has 0 aliphatic rings. The summed E-state index contributed by atoms with van der Waals surface area (Å²) in [6, 6.07) is 4.94. The van der Waals surface area contributed by atoms with E-state index in [9.17, 15) is 9.90 Å². The van der Waals surface area contributed by atoms with Crippen molar-refractivity contribution >= 4 is 33.4 Å². The van der Waals surface area contributed by atoms with Gasteiger partial charge in [0.25, 0.3) is 5.91 Å². The predicted molar refractivity (Wildman–Crippen MR) is 77.3 cm³/mol. The van der Waals surface area contributed by atoms with Gasteiger partial charge in [-0.25, -0.2) is 0 Å². The van der Waals surface area contributed by atoms with E-state index in [0.717, 1.165) is 6.42 Å². The maximum absolute atomic E-state index is 12.3. The molecule has 1 aromatic carbocycles. The van der Waals surface area contributed by atoms with E-state index in [2.05, 4.69) is 15.9 Å². The van der Waals surface area contributed by atoms with Crippen LogP contribution in [0.15, 0.2) is 22.7 Å². The molecule has 0 radical (unpaired) electrons. The second-order valence-corrected chi connectivity index (χ2v) is 5.53. The molecular weight excluding hydrogens is 318 g/mol. The van der Waals surface area contributed by atoms with Crippen LogP contribution in [0, 0.1) is 0 Å². The Hall–Kier alpha value is -0.740. The highest BCUT2D eigenvalue weighted by molar-refractivity contribution is 9.10. The zero-order valence-electron chi connectivity index (χ0n) is 10.5. The molecular formula is C13H17BrClNO2. The molecule has 0 bridgehead atoms. The Morgan fingerprint density at radius 1 is 1.50 bits per heavy atom. The molecule has 100 valence electrons. The van der Waals surface area contributed by atoms with Crippen LogP contribution in [0.1, 0.15) is 30.6 Å². The van der Waals surface area contributed by atoms with Gasteiger partial charge in [0, 0.05) is 24.0 Å². The molecule has 0 aliphatic carbocycles. The fraction of sp³-hybridized carbons (Fsp3) is 0.462. The van der Waals surface area contributed by atoms with E-state index in [1.165, 1.54) is 6.07 Å². The van der Waals surface area contributed by atoms with Crippen molar-refractivity contribution in [3.05, 3.63) is 28.2 Å². The molecule has 3 nitrogen and oxygen atoms in total. The molecule has 0 aliphatic heterocycles. The molecule has 0 unspecified atom stereocenters. The number of carbonyl (C=O) groups excluding carboxylic acids is 1. The first-order chi connectivity index (χ1) is 8.47. The lowest BCUT2D eigenvalue weighted by atomic mass is 10.1. The van der Waals surface area contributed by atoms with E-state index in [-0.39, 0.29) is 17.7 Å². The number of phenols is 1. The average Bonchev–Trinajstić information content (AvgIpc) is 2.32. The minimum Gasteiger partial charge on any atom is -0.507 e. The van der Waals surface area contributed by atoms with E-state index in [1.807, 2.05) is 13.8 Å². The summed E-state index contributed by atoms with van der Waals surface area (Å²) in [5.41, 5.74) is 0.485. The lowest BCUT2D eigenvalue weighted by Gasteiger charge is -2.26. The van der Waals surface area contributed by atoms with Gasteiger partial charge in [-0.1, -0.05) is 0 Å². The van der Waals surface area contributed by atoms with E-state index < -0.39 is 0 Å². The van der Waals surface area contributed by atoms with Crippen LogP contribution >= 0.6 is 27.5 Å². The first-order valence-corrected chi connectivity index (χ1v) is 7.15. The number of halogens is 2. The van der Waals surface area contributed by atoms with Crippen LogP contribution in [0.3, 0.4) is 0 Å². The number of alkyl halides is 1. The first kappa shape index (κ1) is 15.3. The molecule has 0 aromatic heterocycles. The van der Waals surface area contributed by atoms with Crippen LogP contribution in [-0.2, 0) is 0 Å². The number of carbonyl (C=O) groups is 1. The summed E-state index contributed by atoms with van der Waals surface area (Å²) in [6.45, 7) is 4.55. The highest BCUT2D eigenvalue weighted by Gasteiger charge is 2.18. The van der Waals surface area contributed by atoms with Crippen LogP contribution in [-0.4, -0.2) is 34.4 Å². The van der Waals surface area contributed by atoms with E-state index in [1.54, 1.807) is 17.0 Å². The number of benzene rings is 1. The van der Waals surface area contributed by atoms with Gasteiger partial charge in [-0.15, -0.1) is 11.6 Å². The van der Waals surface area contributed by atoms with Crippen molar-refractivity contribution in [1.82, 2.24) is 4.90 Å². The highest BCUT2D eigenvalue weighted by Crippen LogP contribution is 2.25. The molecule has 1 aromatic rings. The van der Waals surface area contributed by atoms with Gasteiger partial charge in [0.15, 0.2) is 0 Å². The number of amides is 1. The number of nitrogens with zero attached hydrogens (tertiary/aromatic N) is 1. The molecule has 0 fully saturated rings. The molecule has 0 heterocycles. The zero-order chi connectivity index (χ0) is 13.7. The van der Waals surface area contributed by atoms with Crippen molar-refractivity contribution in [1.29, 1.82) is 0 Å². The van der Waals surface area contributed by atoms with Crippen molar-refractivity contribution in [2.75, 3.05) is 12.4 Å². The number of hydrogen-bond acceptors (Lipinski definition) is 2. The number of aromatic hydroxyl groups is 1. The van der Waals surface area contributed by atoms with Crippen LogP contribution in [0.2, 0.25) is 0 Å². The minimum absolute atomic E-state index is 0.0712. The molecule has 18 heavy (non-hydrogen) atoms. The normalized spacial score (nSPS) is 10.7. The summed E-state index contributed by atoms with van der Waals surface area (Å²) in [5.74, 6) is 0.516. The van der Waals surface area contributed by atoms with E-state index in [4.69, 9.17) is 11.6 Å². The Labute approximate surface area is 121 Å². The minimum atomic E-state index is -0.0853. The zero-order valence-corrected chi connectivity index (χ0v) is 12.8. The summed E-state index contributed by atoms with van der Waals surface area (Å²) in [5, 5.41) is 9.61. The molecule has 1 amide bonds. The Kier molecular flexibility index (Phi) is 5.96. The largest absolute Gasteiger partial charge is 0.507 e. The fourth-order valence-electron chi connectivity index (χ4n) is 1.64. The lowest BCUT2D eigenvalue weighted by Crippen LogP contribution is -2.37. The quantitative estimate of drug-likeness (QED) is 0.835. The van der Waals surface area contributed by atoms with Crippen LogP contribution in [0.4, 0.5) is 0 Å². The Morgan fingerprint density at radius 3 is 2.67 bits per heavy atom. The van der Waals surface area contributed by atoms with Gasteiger partial charge in [0.2, 0.25) is 0 Å². The van der Waals surface area contributed by atoms with Gasteiger partial charge < -0.3 is 10.0 Å². The summed E-state index contributed by atoms with van der Waals surface area (Å²) < 4.78 is 0.580. The van der Waals surface area contributed by atoms with Gasteiger partial charge in [0.1, 0.15) is 5.75 Å². The average molecular weight is 335 g/mol. The topological polar surface area (TPSA) is 40.5 Å². The maximum Gasteiger partial charge on any atom is 0.254 e. The first-order valence-electron chi connectivity index (χ1n) is 5.82. The van der Waals surface area contributed by atoms with Crippen molar-refractivity contribution in [3.8, 4) is 5.75 Å². The molecule has 0 saturated heterocycles. The third-order valence-electron chi connectivity index (χ3n) is 2.61. The predicted octanol–water partition coefficient (Wildman–Crippen LogP) is 3.63. The third-order valence-corrected chi connectivity index (χ3v) is 3.55. The molecule has 1 rings (SSSR count). The SMILES string of the molecule is CC(C)N(CCCCl)C(=O)c1ccc(Br)c(O)c1. The molecule has 0 spiro atoms. The summed E-state index contributed by atoms with van der Waals surface area (Å²) >= 11 is 8.86. The summed E-state index contributed by atoms with van der Waals surface area (Å²) in [4.78, 5) is 14.1. The number of rotatable bonds is 5. The monoisotopic (exact) mass is 333 g/mol. The summed E-state index contributed by atoms with van der Waals surface area (Å²) in [6.07, 6.45) is 0.758. The van der Waals surface area contributed by atoms with Crippen LogP contribution in [0.25, 0.3) is 0 Å². The van der Waals surface area contributed by atoms with Crippen molar-refractivity contribution in [3.63, 3.8) is 0 Å². The Bertz CT molecular complexity index is 423. The van der Waals surface area contributed by atoms with Crippen molar-refractivity contribution in [2.45, 2.75) is 26.3 Å². The van der Waals surface area contributed by atoms with Gasteiger partial charge >= 0.3 is 0 Å². The van der Waals surface area contributed by atoms with Crippen molar-refractivity contribution < 1.29 is 9.90 Å². The maximum atomic E-state index is 12.3. The van der Waals surface area contributed by atoms with Crippen LogP contribution in [0.5, 0.6) is 5.75 Å². The van der Waals surface area contributed by atoms with Gasteiger partial charge in [-0.05, 0) is 54.4 Å². The number of phenolic OH excluding ortho intramolecular Hbond substituents is 1. The van der Waals surface area contributed by atoms with Gasteiger partial charge in [0.05, 0.1) is 4.47 Å². The Morgan fingerprint density at radius 2 is 2.17 bits per heavy atom. The molecule has 0 atom stereocenters. The second-order valence-electron chi connectivity index (χ2n) is 4.30. The highest BCUT2D eigenvalue weighted by atomic mass is 79.9. The molecule has 5 heteroatoms. The third kappa shape index (κ3) is 3.89. The number of hydrogen-bond donors (Lipinski definition) is 1. The van der Waals surface area contributed by atoms with E-state index >= 15 is 0 Å². The van der Waals surface area contributed by atoms with E-state index in [0.29, 0.717) is 22.5 Å². The smallest absolute Gasteiger partial charge is 0.254 e. The standard InChI is InChI=1S/C13H17BrClNO2/c1-9(2)16(7-3-6-15)13(18)10-4-5-11(14)12(17)8-10/h4-5,8-9,17H,3,6-7H2,1-2H3.